The summed E-state index contributed by atoms with van der Waals surface area (Å²) in [6.45, 7) is 34.0. The summed E-state index contributed by atoms with van der Waals surface area (Å²) in [4.78, 5) is 10.6. The maximum atomic E-state index is 7.25. The van der Waals surface area contributed by atoms with Crippen molar-refractivity contribution in [3.63, 3.8) is 0 Å². The van der Waals surface area contributed by atoms with Crippen molar-refractivity contribution in [1.29, 1.82) is 0 Å². The fraction of sp³-hybridized carbons (Fsp3) is 0.357. The van der Waals surface area contributed by atoms with Crippen LogP contribution in [0.5, 0.6) is 11.5 Å². The molecule has 4 heterocycles. The van der Waals surface area contributed by atoms with Crippen molar-refractivity contribution >= 4 is 27.7 Å². The number of fused-ring (bicyclic) bond motifs is 11. The average molecular weight is 806 g/mol. The van der Waals surface area contributed by atoms with Crippen LogP contribution in [0.4, 0.5) is 0 Å². The number of aryl methyl sites for hydroxylation is 3. The average Bonchev–Trinajstić information content (AvgIpc) is 3.73. The van der Waals surface area contributed by atoms with E-state index in [0.717, 1.165) is 34.0 Å². The molecule has 61 heavy (non-hydrogen) atoms. The van der Waals surface area contributed by atoms with Crippen LogP contribution in [-0.2, 0) is 21.2 Å². The van der Waals surface area contributed by atoms with E-state index in [1.807, 2.05) is 6.20 Å². The number of benzene rings is 5. The molecule has 3 aliphatic rings. The van der Waals surface area contributed by atoms with Gasteiger partial charge in [0.2, 0.25) is 5.90 Å². The summed E-state index contributed by atoms with van der Waals surface area (Å²) >= 11 is 0. The predicted octanol–water partition coefficient (Wildman–Crippen LogP) is 14.6. The molecular formula is C56H59N3O2. The van der Waals surface area contributed by atoms with Gasteiger partial charge in [-0.15, -0.1) is 0 Å². The molecule has 2 aromatic heterocycles. The molecule has 0 bridgehead atoms. The third-order valence-corrected chi connectivity index (χ3v) is 14.9. The Morgan fingerprint density at radius 2 is 1.43 bits per heavy atom. The van der Waals surface area contributed by atoms with Crippen LogP contribution in [0.25, 0.3) is 38.8 Å². The highest BCUT2D eigenvalue weighted by Gasteiger charge is 2.51. The minimum absolute atomic E-state index is 0.00913. The monoisotopic (exact) mass is 805 g/mol. The molecule has 0 spiro atoms. The van der Waals surface area contributed by atoms with Crippen molar-refractivity contribution in [3.8, 4) is 28.4 Å². The van der Waals surface area contributed by atoms with Crippen LogP contribution in [0.3, 0.4) is 0 Å². The highest BCUT2D eigenvalue weighted by atomic mass is 16.5. The van der Waals surface area contributed by atoms with Crippen molar-refractivity contribution in [2.45, 2.75) is 132 Å². The van der Waals surface area contributed by atoms with Gasteiger partial charge in [0.05, 0.1) is 11.0 Å². The molecule has 0 fully saturated rings. The highest BCUT2D eigenvalue weighted by Crippen LogP contribution is 2.58. The van der Waals surface area contributed by atoms with Crippen LogP contribution in [0.1, 0.15) is 145 Å². The van der Waals surface area contributed by atoms with Gasteiger partial charge in [0, 0.05) is 45.1 Å². The first-order chi connectivity index (χ1) is 28.7. The lowest BCUT2D eigenvalue weighted by Crippen LogP contribution is -2.34. The quantitative estimate of drug-likeness (QED) is 0.178. The zero-order valence-electron chi connectivity index (χ0n) is 38.7. The third kappa shape index (κ3) is 5.51. The topological polar surface area (TPSA) is 48.6 Å². The van der Waals surface area contributed by atoms with E-state index in [1.165, 1.54) is 94.2 Å². The Balaban J connectivity index is 1.13. The van der Waals surface area contributed by atoms with Gasteiger partial charge in [0.15, 0.2) is 5.60 Å². The number of ether oxygens (including phenoxy) is 2. The number of aliphatic imine (C=N–C) groups is 1. The lowest BCUT2D eigenvalue weighted by atomic mass is 9.69. The first kappa shape index (κ1) is 39.5. The number of hydrogen-bond donors (Lipinski definition) is 0. The lowest BCUT2D eigenvalue weighted by molar-refractivity contribution is 0.0725. The lowest BCUT2D eigenvalue weighted by Gasteiger charge is -2.40. The molecular weight excluding hydrogens is 747 g/mol. The second kappa shape index (κ2) is 12.9. The Morgan fingerprint density at radius 1 is 0.721 bits per heavy atom. The molecule has 0 unspecified atom stereocenters. The van der Waals surface area contributed by atoms with Gasteiger partial charge >= 0.3 is 0 Å². The Hall–Kier alpha value is -5.68. The molecule has 5 nitrogen and oxygen atoms in total. The van der Waals surface area contributed by atoms with E-state index in [0.29, 0.717) is 5.90 Å². The number of nitrogens with zero attached hydrogens (tertiary/aromatic N) is 3. The Morgan fingerprint density at radius 3 is 2.13 bits per heavy atom. The summed E-state index contributed by atoms with van der Waals surface area (Å²) in [6, 6.07) is 24.8. The van der Waals surface area contributed by atoms with Crippen molar-refractivity contribution in [2.24, 2.45) is 4.99 Å². The SMILES string of the molecule is Cc1cc2c3cc(C(C)(C)C)cc4c3n(c2cc1Oc1cc(C2=N[C@@H]3c5cc(C)c(C)c(C)c5-c5c(cc(C)c(C)c5C)[C@]3(C)O2)cc(C(C)C)c1)-c1ncccc1C4(C)C. The first-order valence-electron chi connectivity index (χ1n) is 22.1. The Labute approximate surface area is 361 Å². The maximum Gasteiger partial charge on any atom is 0.217 e. The van der Waals surface area contributed by atoms with Gasteiger partial charge in [-0.1, -0.05) is 72.7 Å². The highest BCUT2D eigenvalue weighted by molar-refractivity contribution is 6.12. The second-order valence-electron chi connectivity index (χ2n) is 20.5. The number of rotatable bonds is 4. The molecule has 2 aliphatic heterocycles. The largest absolute Gasteiger partial charge is 0.464 e. The third-order valence-electron chi connectivity index (χ3n) is 14.9. The van der Waals surface area contributed by atoms with E-state index in [-0.39, 0.29) is 22.8 Å². The number of aromatic nitrogens is 2. The van der Waals surface area contributed by atoms with Crippen molar-refractivity contribution in [3.05, 3.63) is 151 Å². The summed E-state index contributed by atoms with van der Waals surface area (Å²) in [5, 5.41) is 2.47. The molecule has 0 saturated heterocycles. The van der Waals surface area contributed by atoms with Gasteiger partial charge < -0.3 is 9.47 Å². The molecule has 0 N–H and O–H groups in total. The second-order valence-corrected chi connectivity index (χ2v) is 20.5. The minimum atomic E-state index is -0.672. The normalized spacial score (nSPS) is 18.5. The molecule has 7 aromatic rings. The van der Waals surface area contributed by atoms with Gasteiger partial charge in [-0.05, 0) is 175 Å². The van der Waals surface area contributed by atoms with Gasteiger partial charge in [0.1, 0.15) is 23.4 Å². The number of pyridine rings is 1. The van der Waals surface area contributed by atoms with E-state index in [1.54, 1.807) is 0 Å². The van der Waals surface area contributed by atoms with Gasteiger partial charge in [-0.25, -0.2) is 9.98 Å². The van der Waals surface area contributed by atoms with Crippen LogP contribution in [0, 0.1) is 48.5 Å². The van der Waals surface area contributed by atoms with E-state index in [2.05, 4.69) is 175 Å². The minimum Gasteiger partial charge on any atom is -0.464 e. The molecule has 0 saturated carbocycles. The molecule has 1 aliphatic carbocycles. The van der Waals surface area contributed by atoms with Gasteiger partial charge in [-0.2, -0.15) is 0 Å². The van der Waals surface area contributed by atoms with Gasteiger partial charge in [-0.3, -0.25) is 4.57 Å². The van der Waals surface area contributed by atoms with E-state index >= 15 is 0 Å². The van der Waals surface area contributed by atoms with Crippen molar-refractivity contribution in [1.82, 2.24) is 9.55 Å². The predicted molar refractivity (Wildman–Crippen MR) is 253 cm³/mol. The summed E-state index contributed by atoms with van der Waals surface area (Å²) in [5.41, 5.74) is 21.5. The van der Waals surface area contributed by atoms with E-state index in [4.69, 9.17) is 19.5 Å². The Kier molecular flexibility index (Phi) is 8.36. The summed E-state index contributed by atoms with van der Waals surface area (Å²) in [7, 11) is 0. The zero-order valence-corrected chi connectivity index (χ0v) is 38.7. The van der Waals surface area contributed by atoms with E-state index in [9.17, 15) is 0 Å². The van der Waals surface area contributed by atoms with Crippen LogP contribution in [0.2, 0.25) is 0 Å². The standard InChI is InChI=1S/C56H59N3O2/c1-28(2)36-22-37(53-58-51-42-19-29(3)32(6)34(8)48(42)49-35(9)33(7)30(4)21-44(49)56(51,15)61-53)24-39(23-36)60-47-27-46-40(20-31(47)5)41-25-38(54(10,11)12)26-45-50(41)59(46)52-43(55(45,13)14)17-16-18-57-52/h16-28,51H,1-15H3/t51-,56+/m1/s1. The molecule has 5 heteroatoms. The van der Waals surface area contributed by atoms with Crippen LogP contribution in [0.15, 0.2) is 77.9 Å². The summed E-state index contributed by atoms with van der Waals surface area (Å²) < 4.78 is 16.7. The van der Waals surface area contributed by atoms with Gasteiger partial charge in [0.25, 0.3) is 0 Å². The molecule has 2 atom stereocenters. The van der Waals surface area contributed by atoms with E-state index < -0.39 is 5.60 Å². The fourth-order valence-electron chi connectivity index (χ4n) is 10.7. The maximum absolute atomic E-state index is 7.25. The number of hydrogen-bond acceptors (Lipinski definition) is 4. The molecule has 10 rings (SSSR count). The summed E-state index contributed by atoms with van der Waals surface area (Å²) in [5.74, 6) is 3.49. The molecule has 0 radical (unpaired) electrons. The van der Waals surface area contributed by atoms with Crippen molar-refractivity contribution in [2.75, 3.05) is 0 Å². The van der Waals surface area contributed by atoms with Crippen LogP contribution in [-0.4, -0.2) is 15.4 Å². The fourth-order valence-corrected chi connectivity index (χ4v) is 10.7. The summed E-state index contributed by atoms with van der Waals surface area (Å²) in [6.07, 6.45) is 1.92. The molecule has 310 valence electrons. The van der Waals surface area contributed by atoms with Crippen molar-refractivity contribution < 1.29 is 9.47 Å². The molecule has 0 amide bonds. The van der Waals surface area contributed by atoms with Crippen LogP contribution < -0.4 is 4.74 Å². The Bertz CT molecular complexity index is 3110. The molecule has 5 aromatic carbocycles. The first-order valence-corrected chi connectivity index (χ1v) is 22.1. The smallest absolute Gasteiger partial charge is 0.217 e. The van der Waals surface area contributed by atoms with Crippen LogP contribution >= 0.6 is 0 Å². The zero-order chi connectivity index (χ0) is 43.4.